The molecule has 2 aromatic rings. The lowest BCUT2D eigenvalue weighted by Gasteiger charge is -2.36. The van der Waals surface area contributed by atoms with Crippen LogP contribution in [0.5, 0.6) is 0 Å². The number of rotatable bonds is 3. The van der Waals surface area contributed by atoms with Gasteiger partial charge in [0.1, 0.15) is 5.65 Å². The Morgan fingerprint density at radius 2 is 2.18 bits per heavy atom. The summed E-state index contributed by atoms with van der Waals surface area (Å²) in [5.41, 5.74) is 0.495. The van der Waals surface area contributed by atoms with Gasteiger partial charge in [-0.25, -0.2) is 13.4 Å². The zero-order valence-corrected chi connectivity index (χ0v) is 13.8. The molecular weight excluding hydrogens is 326 g/mol. The number of hydrogen-bond acceptors (Lipinski definition) is 4. The van der Waals surface area contributed by atoms with Crippen LogP contribution in [0, 0.1) is 5.92 Å². The number of aliphatic hydroxyl groups is 1. The lowest BCUT2D eigenvalue weighted by Crippen LogP contribution is -2.46. The van der Waals surface area contributed by atoms with Crippen molar-refractivity contribution < 1.29 is 13.5 Å². The number of hydrogen-bond donors (Lipinski definition) is 1. The molecule has 3 heterocycles. The van der Waals surface area contributed by atoms with Crippen LogP contribution >= 0.6 is 11.6 Å². The molecule has 0 radical (unpaired) electrons. The number of imidazole rings is 1. The molecule has 120 valence electrons. The van der Waals surface area contributed by atoms with Crippen LogP contribution in [0.3, 0.4) is 0 Å². The van der Waals surface area contributed by atoms with E-state index in [4.69, 9.17) is 11.6 Å². The molecule has 0 saturated carbocycles. The van der Waals surface area contributed by atoms with Crippen LogP contribution in [0.1, 0.15) is 19.8 Å². The van der Waals surface area contributed by atoms with Crippen molar-refractivity contribution in [1.29, 1.82) is 0 Å². The molecule has 8 heteroatoms. The van der Waals surface area contributed by atoms with Crippen molar-refractivity contribution in [1.82, 2.24) is 13.7 Å². The summed E-state index contributed by atoms with van der Waals surface area (Å²) in [5, 5.41) is 9.32. The van der Waals surface area contributed by atoms with E-state index in [0.29, 0.717) is 12.2 Å². The van der Waals surface area contributed by atoms with Crippen molar-refractivity contribution in [2.45, 2.75) is 30.8 Å². The fourth-order valence-corrected chi connectivity index (χ4v) is 5.26. The van der Waals surface area contributed by atoms with Gasteiger partial charge in [0.2, 0.25) is 0 Å². The third-order valence-corrected chi connectivity index (χ3v) is 6.56. The Morgan fingerprint density at radius 3 is 2.91 bits per heavy atom. The van der Waals surface area contributed by atoms with Crippen LogP contribution in [0.2, 0.25) is 5.15 Å². The van der Waals surface area contributed by atoms with Crippen molar-refractivity contribution >= 4 is 27.3 Å². The van der Waals surface area contributed by atoms with E-state index in [1.807, 2.05) is 6.92 Å². The first-order chi connectivity index (χ1) is 10.4. The Balaban J connectivity index is 2.10. The van der Waals surface area contributed by atoms with Gasteiger partial charge in [-0.15, -0.1) is 0 Å². The summed E-state index contributed by atoms with van der Waals surface area (Å²) in [5.74, 6) is -0.0380. The van der Waals surface area contributed by atoms with Crippen LogP contribution in [0.15, 0.2) is 29.4 Å². The van der Waals surface area contributed by atoms with Gasteiger partial charge in [-0.05, 0) is 37.8 Å². The lowest BCUT2D eigenvalue weighted by atomic mass is 9.96. The van der Waals surface area contributed by atoms with Gasteiger partial charge in [-0.3, -0.25) is 4.40 Å². The normalized spacial score (nSPS) is 24.0. The Hall–Kier alpha value is -1.15. The number of piperidine rings is 1. The molecule has 0 aliphatic carbocycles. The molecule has 1 saturated heterocycles. The van der Waals surface area contributed by atoms with Gasteiger partial charge < -0.3 is 5.11 Å². The first-order valence-corrected chi connectivity index (χ1v) is 9.02. The number of fused-ring (bicyclic) bond motifs is 1. The standard InChI is InChI=1S/C14H18ClN3O3S/c1-10-5-6-11(9-19)8-18(10)22(20,21)14-13(15)16-12-4-2-3-7-17(12)14/h2-4,7,10-11,19H,5-6,8-9H2,1H3. The Labute approximate surface area is 134 Å². The van der Waals surface area contributed by atoms with E-state index >= 15 is 0 Å². The topological polar surface area (TPSA) is 74.9 Å². The van der Waals surface area contributed by atoms with E-state index in [1.54, 1.807) is 24.4 Å². The van der Waals surface area contributed by atoms with Gasteiger partial charge in [0.15, 0.2) is 10.2 Å². The molecule has 0 aromatic carbocycles. The van der Waals surface area contributed by atoms with E-state index in [-0.39, 0.29) is 28.7 Å². The third kappa shape index (κ3) is 2.52. The molecule has 6 nitrogen and oxygen atoms in total. The number of nitrogens with zero attached hydrogens (tertiary/aromatic N) is 3. The van der Waals surface area contributed by atoms with Crippen LogP contribution in [-0.2, 0) is 10.0 Å². The maximum Gasteiger partial charge on any atom is 0.262 e. The number of aromatic nitrogens is 2. The molecule has 2 aromatic heterocycles. The molecule has 22 heavy (non-hydrogen) atoms. The van der Waals surface area contributed by atoms with Crippen molar-refractivity contribution in [3.63, 3.8) is 0 Å². The second kappa shape index (κ2) is 5.81. The predicted molar refractivity (Wildman–Crippen MR) is 83.4 cm³/mol. The van der Waals surface area contributed by atoms with Gasteiger partial charge in [-0.1, -0.05) is 17.7 Å². The zero-order chi connectivity index (χ0) is 15.9. The molecule has 2 unspecified atom stereocenters. The molecule has 0 bridgehead atoms. The maximum atomic E-state index is 13.1. The molecular formula is C14H18ClN3O3S. The molecule has 1 N–H and O–H groups in total. The quantitative estimate of drug-likeness (QED) is 0.921. The fraction of sp³-hybridized carbons (Fsp3) is 0.500. The molecule has 3 rings (SSSR count). The van der Waals surface area contributed by atoms with Crippen LogP contribution < -0.4 is 0 Å². The SMILES string of the molecule is CC1CCC(CO)CN1S(=O)(=O)c1c(Cl)nc2ccccn12. The highest BCUT2D eigenvalue weighted by atomic mass is 35.5. The summed E-state index contributed by atoms with van der Waals surface area (Å²) >= 11 is 6.10. The van der Waals surface area contributed by atoms with Crippen LogP contribution in [-0.4, -0.2) is 46.4 Å². The Morgan fingerprint density at radius 1 is 1.41 bits per heavy atom. The van der Waals surface area contributed by atoms with Crippen molar-refractivity contribution in [2.75, 3.05) is 13.2 Å². The average Bonchev–Trinajstić information content (AvgIpc) is 2.84. The lowest BCUT2D eigenvalue weighted by molar-refractivity contribution is 0.139. The summed E-state index contributed by atoms with van der Waals surface area (Å²) in [7, 11) is -3.78. The number of sulfonamides is 1. The second-order valence-corrected chi connectivity index (χ2v) is 7.85. The van der Waals surface area contributed by atoms with Gasteiger partial charge in [0.05, 0.1) is 0 Å². The second-order valence-electron chi connectivity index (χ2n) is 5.69. The Kier molecular flexibility index (Phi) is 4.15. The van der Waals surface area contributed by atoms with E-state index in [1.165, 1.54) is 8.71 Å². The van der Waals surface area contributed by atoms with E-state index in [0.717, 1.165) is 12.8 Å². The minimum Gasteiger partial charge on any atom is -0.396 e. The summed E-state index contributed by atoms with van der Waals surface area (Å²) in [6, 6.07) is 5.10. The molecule has 1 fully saturated rings. The van der Waals surface area contributed by atoms with Crippen molar-refractivity contribution in [2.24, 2.45) is 5.92 Å². The van der Waals surface area contributed by atoms with E-state index in [2.05, 4.69) is 4.98 Å². The highest BCUT2D eigenvalue weighted by molar-refractivity contribution is 7.89. The molecule has 0 amide bonds. The summed E-state index contributed by atoms with van der Waals surface area (Å²) in [6.45, 7) is 2.16. The zero-order valence-electron chi connectivity index (χ0n) is 12.2. The van der Waals surface area contributed by atoms with Gasteiger partial charge in [0, 0.05) is 25.4 Å². The highest BCUT2D eigenvalue weighted by Gasteiger charge is 2.37. The minimum absolute atomic E-state index is 0.00444. The fourth-order valence-electron chi connectivity index (χ4n) is 2.92. The predicted octanol–water partition coefficient (Wildman–Crippen LogP) is 1.77. The summed E-state index contributed by atoms with van der Waals surface area (Å²) in [4.78, 5) is 4.11. The summed E-state index contributed by atoms with van der Waals surface area (Å²) in [6.07, 6.45) is 3.18. The van der Waals surface area contributed by atoms with Crippen molar-refractivity contribution in [3.8, 4) is 0 Å². The average molecular weight is 344 g/mol. The molecule has 0 spiro atoms. The minimum atomic E-state index is -3.78. The van der Waals surface area contributed by atoms with E-state index in [9.17, 15) is 13.5 Å². The van der Waals surface area contributed by atoms with Crippen LogP contribution in [0.4, 0.5) is 0 Å². The first kappa shape index (κ1) is 15.7. The van der Waals surface area contributed by atoms with Gasteiger partial charge in [0.25, 0.3) is 10.0 Å². The molecule has 1 aliphatic rings. The number of aliphatic hydroxyl groups excluding tert-OH is 1. The Bertz CT molecular complexity index is 790. The van der Waals surface area contributed by atoms with Gasteiger partial charge >= 0.3 is 0 Å². The van der Waals surface area contributed by atoms with Crippen molar-refractivity contribution in [3.05, 3.63) is 29.5 Å². The first-order valence-electron chi connectivity index (χ1n) is 7.20. The molecule has 2 atom stereocenters. The number of halogens is 1. The number of pyridine rings is 1. The molecule has 1 aliphatic heterocycles. The monoisotopic (exact) mass is 343 g/mol. The highest BCUT2D eigenvalue weighted by Crippen LogP contribution is 2.31. The smallest absolute Gasteiger partial charge is 0.262 e. The maximum absolute atomic E-state index is 13.1. The third-order valence-electron chi connectivity index (χ3n) is 4.18. The largest absolute Gasteiger partial charge is 0.396 e. The summed E-state index contributed by atoms with van der Waals surface area (Å²) < 4.78 is 29.0. The van der Waals surface area contributed by atoms with Crippen LogP contribution in [0.25, 0.3) is 5.65 Å². The van der Waals surface area contributed by atoms with E-state index < -0.39 is 10.0 Å². The van der Waals surface area contributed by atoms with Gasteiger partial charge in [-0.2, -0.15) is 4.31 Å².